The monoisotopic (exact) mass is 434 g/mol. The summed E-state index contributed by atoms with van der Waals surface area (Å²) in [7, 11) is 0. The van der Waals surface area contributed by atoms with E-state index in [9.17, 15) is 9.59 Å². The van der Waals surface area contributed by atoms with Crippen molar-refractivity contribution in [3.05, 3.63) is 65.2 Å². The van der Waals surface area contributed by atoms with Gasteiger partial charge in [-0.3, -0.25) is 9.59 Å². The van der Waals surface area contributed by atoms with Crippen molar-refractivity contribution in [2.24, 2.45) is 5.92 Å². The maximum atomic E-state index is 13.2. The number of benzene rings is 2. The Morgan fingerprint density at radius 2 is 1.88 bits per heavy atom. The predicted molar refractivity (Wildman–Crippen MR) is 125 cm³/mol. The summed E-state index contributed by atoms with van der Waals surface area (Å²) in [5.41, 5.74) is 3.42. The highest BCUT2D eigenvalue weighted by Gasteiger charge is 2.33. The lowest BCUT2D eigenvalue weighted by Gasteiger charge is -2.38. The molecule has 0 spiro atoms. The van der Waals surface area contributed by atoms with Gasteiger partial charge >= 0.3 is 0 Å². The van der Waals surface area contributed by atoms with Gasteiger partial charge in [0.1, 0.15) is 5.75 Å². The first kappa shape index (κ1) is 22.4. The van der Waals surface area contributed by atoms with Crippen LogP contribution in [-0.2, 0) is 16.0 Å². The van der Waals surface area contributed by atoms with Crippen LogP contribution in [0.3, 0.4) is 0 Å². The summed E-state index contributed by atoms with van der Waals surface area (Å²) in [4.78, 5) is 27.7. The average Bonchev–Trinajstić information content (AvgIpc) is 3.60. The maximum absolute atomic E-state index is 13.2. The molecule has 2 atom stereocenters. The molecule has 2 aromatic rings. The zero-order valence-corrected chi connectivity index (χ0v) is 19.3. The molecule has 5 heteroatoms. The third-order valence-electron chi connectivity index (χ3n) is 6.23. The number of fused-ring (bicyclic) bond motifs is 1. The molecule has 0 radical (unpaired) electrons. The SMILES string of the molecule is CC[C@@H](Oc1ccc2c(c1)[C@H](c1ccccc1)N(C(=O)CC(C)C)CC2)C(=O)NC1CC1. The van der Waals surface area contributed by atoms with Crippen LogP contribution in [0.15, 0.2) is 48.5 Å². The number of hydrogen-bond acceptors (Lipinski definition) is 3. The van der Waals surface area contributed by atoms with Crippen molar-refractivity contribution in [1.82, 2.24) is 10.2 Å². The molecule has 1 saturated carbocycles. The van der Waals surface area contributed by atoms with Crippen LogP contribution >= 0.6 is 0 Å². The van der Waals surface area contributed by atoms with E-state index >= 15 is 0 Å². The predicted octanol–water partition coefficient (Wildman–Crippen LogP) is 4.64. The summed E-state index contributed by atoms with van der Waals surface area (Å²) in [5, 5.41) is 3.05. The Hall–Kier alpha value is -2.82. The van der Waals surface area contributed by atoms with Crippen LogP contribution in [0.4, 0.5) is 0 Å². The molecule has 2 amide bonds. The molecule has 1 heterocycles. The zero-order valence-electron chi connectivity index (χ0n) is 19.3. The van der Waals surface area contributed by atoms with E-state index in [4.69, 9.17) is 4.74 Å². The van der Waals surface area contributed by atoms with E-state index in [1.165, 1.54) is 5.56 Å². The second-order valence-electron chi connectivity index (χ2n) is 9.41. The molecule has 32 heavy (non-hydrogen) atoms. The number of rotatable bonds is 8. The summed E-state index contributed by atoms with van der Waals surface area (Å²) in [6, 6.07) is 16.5. The molecule has 4 rings (SSSR count). The van der Waals surface area contributed by atoms with Crippen molar-refractivity contribution in [1.29, 1.82) is 0 Å². The van der Waals surface area contributed by atoms with Crippen molar-refractivity contribution in [2.45, 2.75) is 71.1 Å². The number of amides is 2. The first-order chi connectivity index (χ1) is 15.5. The van der Waals surface area contributed by atoms with E-state index in [1.807, 2.05) is 42.2 Å². The number of nitrogens with one attached hydrogen (secondary N) is 1. The van der Waals surface area contributed by atoms with Crippen molar-refractivity contribution in [3.63, 3.8) is 0 Å². The van der Waals surface area contributed by atoms with Gasteiger partial charge in [-0.25, -0.2) is 0 Å². The molecule has 170 valence electrons. The van der Waals surface area contributed by atoms with Gasteiger partial charge in [-0.1, -0.05) is 57.2 Å². The Balaban J connectivity index is 1.64. The maximum Gasteiger partial charge on any atom is 0.261 e. The molecule has 0 bridgehead atoms. The fourth-order valence-electron chi connectivity index (χ4n) is 4.40. The Morgan fingerprint density at radius 3 is 2.53 bits per heavy atom. The highest BCUT2D eigenvalue weighted by atomic mass is 16.5. The summed E-state index contributed by atoms with van der Waals surface area (Å²) < 4.78 is 6.15. The molecular weight excluding hydrogens is 400 g/mol. The number of carbonyl (C=O) groups is 2. The standard InChI is InChI=1S/C27H34N2O3/c1-4-24(27(31)28-21-11-12-21)32-22-13-10-19-14-15-29(25(30)16-18(2)3)26(23(19)17-22)20-8-6-5-7-9-20/h5-10,13,17-18,21,24,26H,4,11-12,14-16H2,1-3H3,(H,28,31)/t24-,26+/m1/s1. The van der Waals surface area contributed by atoms with E-state index in [0.717, 1.165) is 30.4 Å². The minimum absolute atomic E-state index is 0.0407. The molecule has 5 nitrogen and oxygen atoms in total. The van der Waals surface area contributed by atoms with Crippen LogP contribution in [0.5, 0.6) is 5.75 Å². The van der Waals surface area contributed by atoms with E-state index in [0.29, 0.717) is 37.1 Å². The largest absolute Gasteiger partial charge is 0.481 e. The molecule has 2 aliphatic rings. The summed E-state index contributed by atoms with van der Waals surface area (Å²) in [6.07, 6.45) is 3.57. The number of ether oxygens (including phenoxy) is 1. The number of hydrogen-bond donors (Lipinski definition) is 1. The van der Waals surface area contributed by atoms with Gasteiger partial charge in [0.15, 0.2) is 6.10 Å². The van der Waals surface area contributed by atoms with Crippen LogP contribution in [0.1, 0.15) is 69.2 Å². The minimum Gasteiger partial charge on any atom is -0.481 e. The first-order valence-electron chi connectivity index (χ1n) is 11.9. The quantitative estimate of drug-likeness (QED) is 0.658. The van der Waals surface area contributed by atoms with Crippen LogP contribution < -0.4 is 10.1 Å². The molecule has 0 unspecified atom stereocenters. The first-order valence-corrected chi connectivity index (χ1v) is 11.9. The van der Waals surface area contributed by atoms with E-state index in [1.54, 1.807) is 0 Å². The van der Waals surface area contributed by atoms with Gasteiger partial charge in [0.2, 0.25) is 5.91 Å². The van der Waals surface area contributed by atoms with Gasteiger partial charge in [0.25, 0.3) is 5.91 Å². The van der Waals surface area contributed by atoms with Gasteiger partial charge in [-0.15, -0.1) is 0 Å². The molecular formula is C27H34N2O3. The molecule has 0 saturated heterocycles. The summed E-state index contributed by atoms with van der Waals surface area (Å²) >= 11 is 0. The molecule has 1 aliphatic heterocycles. The molecule has 0 aromatic heterocycles. The van der Waals surface area contributed by atoms with Crippen molar-refractivity contribution >= 4 is 11.8 Å². The van der Waals surface area contributed by atoms with Crippen molar-refractivity contribution in [2.75, 3.05) is 6.54 Å². The van der Waals surface area contributed by atoms with Crippen LogP contribution in [0, 0.1) is 5.92 Å². The fraction of sp³-hybridized carbons (Fsp3) is 0.481. The second-order valence-corrected chi connectivity index (χ2v) is 9.41. The average molecular weight is 435 g/mol. The Labute approximate surface area is 191 Å². The lowest BCUT2D eigenvalue weighted by Crippen LogP contribution is -2.41. The summed E-state index contributed by atoms with van der Waals surface area (Å²) in [6.45, 7) is 6.84. The highest BCUT2D eigenvalue weighted by Crippen LogP contribution is 2.38. The van der Waals surface area contributed by atoms with Gasteiger partial charge < -0.3 is 15.0 Å². The van der Waals surface area contributed by atoms with Crippen LogP contribution in [0.25, 0.3) is 0 Å². The van der Waals surface area contributed by atoms with E-state index in [-0.39, 0.29) is 17.9 Å². The molecule has 1 fully saturated rings. The lowest BCUT2D eigenvalue weighted by atomic mass is 9.87. The topological polar surface area (TPSA) is 58.6 Å². The summed E-state index contributed by atoms with van der Waals surface area (Å²) in [5.74, 6) is 1.13. The third-order valence-corrected chi connectivity index (χ3v) is 6.23. The fourth-order valence-corrected chi connectivity index (χ4v) is 4.40. The Kier molecular flexibility index (Phi) is 6.83. The minimum atomic E-state index is -0.508. The van der Waals surface area contributed by atoms with Crippen molar-refractivity contribution < 1.29 is 14.3 Å². The number of carbonyl (C=O) groups excluding carboxylic acids is 2. The normalized spacial score (nSPS) is 18.8. The van der Waals surface area contributed by atoms with Gasteiger partial charge in [0.05, 0.1) is 6.04 Å². The third kappa shape index (κ3) is 5.14. The van der Waals surface area contributed by atoms with Crippen LogP contribution in [-0.4, -0.2) is 35.4 Å². The Bertz CT molecular complexity index is 953. The van der Waals surface area contributed by atoms with Gasteiger partial charge in [-0.05, 0) is 60.4 Å². The second kappa shape index (κ2) is 9.76. The highest BCUT2D eigenvalue weighted by molar-refractivity contribution is 5.81. The zero-order chi connectivity index (χ0) is 22.7. The Morgan fingerprint density at radius 1 is 1.12 bits per heavy atom. The smallest absolute Gasteiger partial charge is 0.261 e. The van der Waals surface area contributed by atoms with E-state index < -0.39 is 6.10 Å². The lowest BCUT2D eigenvalue weighted by molar-refractivity contribution is -0.134. The van der Waals surface area contributed by atoms with Crippen LogP contribution in [0.2, 0.25) is 0 Å². The van der Waals surface area contributed by atoms with Gasteiger partial charge in [-0.2, -0.15) is 0 Å². The molecule has 2 aromatic carbocycles. The van der Waals surface area contributed by atoms with Crippen molar-refractivity contribution in [3.8, 4) is 5.75 Å². The van der Waals surface area contributed by atoms with E-state index in [2.05, 4.69) is 37.4 Å². The number of nitrogens with zero attached hydrogens (tertiary/aromatic N) is 1. The molecule has 1 aliphatic carbocycles. The van der Waals surface area contributed by atoms with Gasteiger partial charge in [0, 0.05) is 19.0 Å². The molecule has 1 N–H and O–H groups in total.